The predicted molar refractivity (Wildman–Crippen MR) is 95.2 cm³/mol. The van der Waals surface area contributed by atoms with Gasteiger partial charge < -0.3 is 15.5 Å². The number of piperidine rings is 1. The largest absolute Gasteiger partial charge is 0.471 e. The Hall–Kier alpha value is -1.60. The molecule has 2 N–H and O–H groups in total. The number of hydrogen-bond donors (Lipinski definition) is 2. The average molecular weight is 369 g/mol. The van der Waals surface area contributed by atoms with E-state index in [1.165, 1.54) is 18.4 Å². The molecule has 0 radical (unpaired) electrons. The Balaban J connectivity index is 1.63. The molecule has 0 saturated carbocycles. The van der Waals surface area contributed by atoms with E-state index < -0.39 is 12.1 Å². The molecule has 1 aliphatic heterocycles. The minimum absolute atomic E-state index is 0.215. The lowest BCUT2D eigenvalue weighted by Gasteiger charge is -2.36. The Morgan fingerprint density at radius 3 is 2.65 bits per heavy atom. The summed E-state index contributed by atoms with van der Waals surface area (Å²) in [6, 6.07) is 5.49. The molecule has 144 valence electrons. The average Bonchev–Trinajstić information content (AvgIpc) is 2.61. The predicted octanol–water partition coefficient (Wildman–Crippen LogP) is 2.98. The maximum atomic E-state index is 12.4. The second kappa shape index (κ2) is 7.96. The van der Waals surface area contributed by atoms with Crippen LogP contribution in [0.25, 0.3) is 0 Å². The SMILES string of the molecule is CN(CC1CCNCC1)C1CCc2ccc(NC(=O)C(F)(F)F)cc2C1. The van der Waals surface area contributed by atoms with E-state index in [1.807, 2.05) is 11.4 Å². The summed E-state index contributed by atoms with van der Waals surface area (Å²) in [4.78, 5) is 13.5. The molecule has 2 aliphatic rings. The summed E-state index contributed by atoms with van der Waals surface area (Å²) in [6.07, 6.45) is 0.315. The zero-order chi connectivity index (χ0) is 18.7. The van der Waals surface area contributed by atoms with E-state index in [1.54, 1.807) is 12.1 Å². The Morgan fingerprint density at radius 2 is 1.96 bits per heavy atom. The molecule has 0 spiro atoms. The normalized spacial score (nSPS) is 21.5. The van der Waals surface area contributed by atoms with Crippen molar-refractivity contribution >= 4 is 11.6 Å². The Morgan fingerprint density at radius 1 is 1.23 bits per heavy atom. The lowest BCUT2D eigenvalue weighted by atomic mass is 9.86. The minimum Gasteiger partial charge on any atom is -0.318 e. The molecule has 1 aliphatic carbocycles. The number of hydrogen-bond acceptors (Lipinski definition) is 3. The molecule has 1 atom stereocenters. The highest BCUT2D eigenvalue weighted by atomic mass is 19.4. The molecule has 0 aromatic heterocycles. The summed E-state index contributed by atoms with van der Waals surface area (Å²) in [6.45, 7) is 3.22. The van der Waals surface area contributed by atoms with Gasteiger partial charge in [0, 0.05) is 18.3 Å². The summed E-state index contributed by atoms with van der Waals surface area (Å²) in [5.74, 6) is -1.21. The number of amides is 1. The number of carbonyl (C=O) groups is 1. The summed E-state index contributed by atoms with van der Waals surface area (Å²) in [5, 5.41) is 5.34. The van der Waals surface area contributed by atoms with Gasteiger partial charge >= 0.3 is 12.1 Å². The summed E-state index contributed by atoms with van der Waals surface area (Å²) >= 11 is 0. The van der Waals surface area contributed by atoms with Gasteiger partial charge in [-0.25, -0.2) is 0 Å². The standard InChI is InChI=1S/C19H26F3N3O/c1-25(12-13-6-8-23-9-7-13)17-5-3-14-2-4-16(10-15(14)11-17)24-18(26)19(20,21)22/h2,4,10,13,17,23H,3,5-9,11-12H2,1H3,(H,24,26). The van der Waals surface area contributed by atoms with Crippen molar-refractivity contribution in [3.63, 3.8) is 0 Å². The van der Waals surface area contributed by atoms with E-state index in [4.69, 9.17) is 0 Å². The van der Waals surface area contributed by atoms with Gasteiger partial charge in [-0.05, 0) is 81.4 Å². The van der Waals surface area contributed by atoms with Gasteiger partial charge in [-0.15, -0.1) is 0 Å². The van der Waals surface area contributed by atoms with Crippen LogP contribution < -0.4 is 10.6 Å². The molecular formula is C19H26F3N3O. The van der Waals surface area contributed by atoms with Gasteiger partial charge in [0.25, 0.3) is 0 Å². The molecule has 1 unspecified atom stereocenters. The fraction of sp³-hybridized carbons (Fsp3) is 0.632. The second-order valence-electron chi connectivity index (χ2n) is 7.46. The first kappa shape index (κ1) is 19.2. The van der Waals surface area contributed by atoms with Crippen LogP contribution >= 0.6 is 0 Å². The van der Waals surface area contributed by atoms with Crippen molar-refractivity contribution in [3.05, 3.63) is 29.3 Å². The molecular weight excluding hydrogens is 343 g/mol. The highest BCUT2D eigenvalue weighted by Gasteiger charge is 2.38. The lowest BCUT2D eigenvalue weighted by Crippen LogP contribution is -2.41. The molecule has 7 heteroatoms. The maximum Gasteiger partial charge on any atom is 0.471 e. The van der Waals surface area contributed by atoms with Crippen molar-refractivity contribution in [2.24, 2.45) is 5.92 Å². The molecule has 0 bridgehead atoms. The van der Waals surface area contributed by atoms with Crippen LogP contribution in [0.5, 0.6) is 0 Å². The molecule has 1 aromatic rings. The Bertz CT molecular complexity index is 641. The van der Waals surface area contributed by atoms with Crippen LogP contribution in [-0.2, 0) is 17.6 Å². The summed E-state index contributed by atoms with van der Waals surface area (Å²) in [7, 11) is 2.15. The zero-order valence-electron chi connectivity index (χ0n) is 15.0. The van der Waals surface area contributed by atoms with Crippen LogP contribution in [0.2, 0.25) is 0 Å². The third kappa shape index (κ3) is 4.76. The van der Waals surface area contributed by atoms with E-state index in [-0.39, 0.29) is 5.69 Å². The van der Waals surface area contributed by atoms with Crippen molar-refractivity contribution in [1.29, 1.82) is 0 Å². The van der Waals surface area contributed by atoms with E-state index in [0.717, 1.165) is 44.5 Å². The molecule has 1 fully saturated rings. The van der Waals surface area contributed by atoms with Gasteiger partial charge in [-0.2, -0.15) is 13.2 Å². The van der Waals surface area contributed by atoms with Gasteiger partial charge in [0.05, 0.1) is 0 Å². The number of nitrogens with one attached hydrogen (secondary N) is 2. The molecule has 1 aromatic carbocycles. The van der Waals surface area contributed by atoms with Crippen molar-refractivity contribution in [3.8, 4) is 0 Å². The minimum atomic E-state index is -4.87. The number of fused-ring (bicyclic) bond motifs is 1. The Labute approximate surface area is 152 Å². The van der Waals surface area contributed by atoms with E-state index >= 15 is 0 Å². The third-order valence-electron chi connectivity index (χ3n) is 5.55. The summed E-state index contributed by atoms with van der Waals surface area (Å²) in [5.41, 5.74) is 2.42. The molecule has 26 heavy (non-hydrogen) atoms. The highest BCUT2D eigenvalue weighted by molar-refractivity contribution is 5.95. The molecule has 4 nitrogen and oxygen atoms in total. The summed E-state index contributed by atoms with van der Waals surface area (Å²) < 4.78 is 37.3. The first-order chi connectivity index (χ1) is 12.3. The van der Waals surface area contributed by atoms with Crippen molar-refractivity contribution in [2.45, 2.75) is 44.3 Å². The van der Waals surface area contributed by atoms with Crippen LogP contribution in [-0.4, -0.2) is 49.7 Å². The van der Waals surface area contributed by atoms with Crippen molar-refractivity contribution < 1.29 is 18.0 Å². The Kier molecular flexibility index (Phi) is 5.87. The number of halogens is 3. The van der Waals surface area contributed by atoms with Gasteiger partial charge in [0.1, 0.15) is 0 Å². The smallest absolute Gasteiger partial charge is 0.318 e. The maximum absolute atomic E-state index is 12.4. The number of alkyl halides is 3. The zero-order valence-corrected chi connectivity index (χ0v) is 15.0. The van der Waals surface area contributed by atoms with Crippen molar-refractivity contribution in [1.82, 2.24) is 10.2 Å². The number of likely N-dealkylation sites (N-methyl/N-ethyl adjacent to an activating group) is 1. The van der Waals surface area contributed by atoms with Gasteiger partial charge in [0.15, 0.2) is 0 Å². The number of aryl methyl sites for hydroxylation is 1. The second-order valence-corrected chi connectivity index (χ2v) is 7.46. The van der Waals surface area contributed by atoms with Crippen molar-refractivity contribution in [2.75, 3.05) is 32.0 Å². The van der Waals surface area contributed by atoms with Gasteiger partial charge in [0.2, 0.25) is 0 Å². The number of anilines is 1. The first-order valence-electron chi connectivity index (χ1n) is 9.24. The van der Waals surface area contributed by atoms with E-state index in [0.29, 0.717) is 12.0 Å². The van der Waals surface area contributed by atoms with Gasteiger partial charge in [-0.3, -0.25) is 4.79 Å². The topological polar surface area (TPSA) is 44.4 Å². The molecule has 1 heterocycles. The molecule has 1 saturated heterocycles. The third-order valence-corrected chi connectivity index (χ3v) is 5.55. The van der Waals surface area contributed by atoms with Crippen LogP contribution in [0.15, 0.2) is 18.2 Å². The number of nitrogens with zero attached hydrogens (tertiary/aromatic N) is 1. The molecule has 1 amide bonds. The number of carbonyl (C=O) groups excluding carboxylic acids is 1. The van der Waals surface area contributed by atoms with Crippen LogP contribution in [0.1, 0.15) is 30.4 Å². The van der Waals surface area contributed by atoms with Crippen LogP contribution in [0, 0.1) is 5.92 Å². The molecule has 3 rings (SSSR count). The fourth-order valence-corrected chi connectivity index (χ4v) is 4.01. The fourth-order valence-electron chi connectivity index (χ4n) is 4.01. The number of rotatable bonds is 4. The quantitative estimate of drug-likeness (QED) is 0.858. The monoisotopic (exact) mass is 369 g/mol. The number of benzene rings is 1. The van der Waals surface area contributed by atoms with E-state index in [2.05, 4.69) is 17.3 Å². The first-order valence-corrected chi connectivity index (χ1v) is 9.24. The van der Waals surface area contributed by atoms with E-state index in [9.17, 15) is 18.0 Å². The van der Waals surface area contributed by atoms with Gasteiger partial charge in [-0.1, -0.05) is 6.07 Å². The lowest BCUT2D eigenvalue weighted by molar-refractivity contribution is -0.167. The highest BCUT2D eigenvalue weighted by Crippen LogP contribution is 2.28. The van der Waals surface area contributed by atoms with Crippen LogP contribution in [0.4, 0.5) is 18.9 Å². The van der Waals surface area contributed by atoms with Crippen LogP contribution in [0.3, 0.4) is 0 Å².